The molecule has 1 aromatic carbocycles. The van der Waals surface area contributed by atoms with Crippen molar-refractivity contribution >= 4 is 34.4 Å². The van der Waals surface area contributed by atoms with Crippen LogP contribution in [0.3, 0.4) is 0 Å². The average molecular weight is 445 g/mol. The first-order chi connectivity index (χ1) is 14.2. The highest BCUT2D eigenvalue weighted by molar-refractivity contribution is 7.15. The van der Waals surface area contributed by atoms with Crippen LogP contribution in [0.25, 0.3) is 5.00 Å². The molecule has 3 heterocycles. The summed E-state index contributed by atoms with van der Waals surface area (Å²) in [5.74, 6) is -1.88. The Morgan fingerprint density at radius 2 is 1.90 bits per heavy atom. The van der Waals surface area contributed by atoms with Gasteiger partial charge in [-0.1, -0.05) is 30.7 Å². The molecule has 0 bridgehead atoms. The predicted molar refractivity (Wildman–Crippen MR) is 118 cm³/mol. The minimum absolute atomic E-state index is 0.0518. The summed E-state index contributed by atoms with van der Waals surface area (Å²) in [4.78, 5) is 18.2. The summed E-state index contributed by atoms with van der Waals surface area (Å²) in [6.07, 6.45) is 0.577. The second-order valence-electron chi connectivity index (χ2n) is 7.56. The minimum atomic E-state index is -2.30. The zero-order valence-electron chi connectivity index (χ0n) is 17.3. The molecule has 3 aromatic rings. The van der Waals surface area contributed by atoms with Crippen LogP contribution in [0.5, 0.6) is 0 Å². The standard InChI is InChI=1S/C22H22ClFN4OS/c1-5-6-17(29)11-22(24)21-27-26-14(4)28(21)20-18(12(2)13(3)30-20)19(25-22)15-7-9-16(23)10-8-15/h7-10H,5-6,11H2,1-4H3. The normalized spacial score (nSPS) is 17.9. The third-order valence-corrected chi connectivity index (χ3v) is 6.79. The largest absolute Gasteiger partial charge is 0.299 e. The van der Waals surface area contributed by atoms with Gasteiger partial charge in [0, 0.05) is 27.4 Å². The first kappa shape index (κ1) is 20.9. The third-order valence-electron chi connectivity index (χ3n) is 5.34. The van der Waals surface area contributed by atoms with Gasteiger partial charge >= 0.3 is 0 Å². The van der Waals surface area contributed by atoms with Crippen LogP contribution in [0.2, 0.25) is 5.02 Å². The number of aliphatic imine (C=N–C) groups is 1. The number of hydrogen-bond acceptors (Lipinski definition) is 5. The number of nitrogens with zero attached hydrogens (tertiary/aromatic N) is 4. The SMILES string of the molecule is CCCC(=O)CC1(F)N=C(c2ccc(Cl)cc2)c2c(sc(C)c2C)-n2c(C)nnc21. The van der Waals surface area contributed by atoms with Gasteiger partial charge in [-0.15, -0.1) is 21.5 Å². The van der Waals surface area contributed by atoms with Gasteiger partial charge in [-0.3, -0.25) is 9.36 Å². The zero-order valence-corrected chi connectivity index (χ0v) is 18.9. The van der Waals surface area contributed by atoms with Crippen molar-refractivity contribution < 1.29 is 9.18 Å². The molecule has 5 nitrogen and oxygen atoms in total. The van der Waals surface area contributed by atoms with Crippen molar-refractivity contribution in [1.82, 2.24) is 14.8 Å². The van der Waals surface area contributed by atoms with E-state index in [0.717, 1.165) is 26.6 Å². The van der Waals surface area contributed by atoms with Gasteiger partial charge in [0.1, 0.15) is 16.6 Å². The molecule has 0 fully saturated rings. The van der Waals surface area contributed by atoms with Crippen LogP contribution in [0.15, 0.2) is 29.3 Å². The number of thiophene rings is 1. The van der Waals surface area contributed by atoms with E-state index in [-0.39, 0.29) is 18.0 Å². The van der Waals surface area contributed by atoms with Gasteiger partial charge in [-0.25, -0.2) is 9.38 Å². The number of carbonyl (C=O) groups is 1. The summed E-state index contributed by atoms with van der Waals surface area (Å²) in [5.41, 5.74) is 3.10. The van der Waals surface area contributed by atoms with E-state index in [1.54, 1.807) is 35.0 Å². The maximum Gasteiger partial charge on any atom is 0.267 e. The number of aryl methyl sites for hydroxylation is 2. The second kappa shape index (κ2) is 7.71. The van der Waals surface area contributed by atoms with Crippen LogP contribution in [0.1, 0.15) is 59.4 Å². The zero-order chi connectivity index (χ0) is 21.6. The van der Waals surface area contributed by atoms with Gasteiger partial charge < -0.3 is 0 Å². The lowest BCUT2D eigenvalue weighted by atomic mass is 9.99. The van der Waals surface area contributed by atoms with Crippen molar-refractivity contribution in [2.45, 2.75) is 52.8 Å². The van der Waals surface area contributed by atoms with Gasteiger partial charge in [0.05, 0.1) is 12.1 Å². The summed E-state index contributed by atoms with van der Waals surface area (Å²) in [5, 5.41) is 9.65. The molecule has 0 saturated carbocycles. The maximum atomic E-state index is 16.5. The number of aromatic nitrogens is 3. The summed E-state index contributed by atoms with van der Waals surface area (Å²) in [6, 6.07) is 7.16. The number of fused-ring (bicyclic) bond motifs is 3. The fraction of sp³-hybridized carbons (Fsp3) is 0.364. The molecular formula is C22H22ClFN4OS. The summed E-state index contributed by atoms with van der Waals surface area (Å²) < 4.78 is 18.3. The highest BCUT2D eigenvalue weighted by atomic mass is 35.5. The van der Waals surface area contributed by atoms with E-state index in [1.807, 2.05) is 32.9 Å². The molecule has 0 spiro atoms. The maximum absolute atomic E-state index is 16.5. The van der Waals surface area contributed by atoms with Crippen molar-refractivity contribution in [3.8, 4) is 5.00 Å². The van der Waals surface area contributed by atoms with Crippen LogP contribution < -0.4 is 0 Å². The fourth-order valence-electron chi connectivity index (χ4n) is 3.75. The monoisotopic (exact) mass is 444 g/mol. The second-order valence-corrected chi connectivity index (χ2v) is 9.20. The fourth-order valence-corrected chi connectivity index (χ4v) is 5.08. The summed E-state index contributed by atoms with van der Waals surface area (Å²) in [7, 11) is 0. The lowest BCUT2D eigenvalue weighted by Crippen LogP contribution is -2.26. The molecule has 156 valence electrons. The lowest BCUT2D eigenvalue weighted by molar-refractivity contribution is -0.122. The topological polar surface area (TPSA) is 60.1 Å². The van der Waals surface area contributed by atoms with Crippen LogP contribution in [0, 0.1) is 20.8 Å². The van der Waals surface area contributed by atoms with Crippen molar-refractivity contribution in [3.63, 3.8) is 0 Å². The molecule has 1 atom stereocenters. The van der Waals surface area contributed by atoms with Gasteiger partial charge in [0.15, 0.2) is 5.82 Å². The van der Waals surface area contributed by atoms with E-state index < -0.39 is 5.79 Å². The number of ketones is 1. The van der Waals surface area contributed by atoms with Crippen molar-refractivity contribution in [3.05, 3.63) is 62.5 Å². The van der Waals surface area contributed by atoms with Crippen molar-refractivity contribution in [2.24, 2.45) is 4.99 Å². The molecule has 8 heteroatoms. The van der Waals surface area contributed by atoms with Crippen LogP contribution in [0.4, 0.5) is 4.39 Å². The smallest absolute Gasteiger partial charge is 0.267 e. The molecule has 0 N–H and O–H groups in total. The van der Waals surface area contributed by atoms with E-state index in [1.165, 1.54) is 0 Å². The highest BCUT2D eigenvalue weighted by Crippen LogP contribution is 2.43. The Hall–Kier alpha value is -2.38. The Morgan fingerprint density at radius 3 is 2.57 bits per heavy atom. The quantitative estimate of drug-likeness (QED) is 0.478. The molecule has 2 aromatic heterocycles. The minimum Gasteiger partial charge on any atom is -0.299 e. The molecule has 0 saturated heterocycles. The predicted octanol–water partition coefficient (Wildman–Crippen LogP) is 5.64. The number of Topliss-reactive ketones (excluding diaryl/α,β-unsaturated/α-hetero) is 1. The lowest BCUT2D eigenvalue weighted by Gasteiger charge is -2.19. The third kappa shape index (κ3) is 3.40. The Kier molecular flexibility index (Phi) is 5.36. The molecule has 1 aliphatic rings. The molecular weight excluding hydrogens is 423 g/mol. The Morgan fingerprint density at radius 1 is 1.20 bits per heavy atom. The number of rotatable bonds is 5. The number of alkyl halides is 1. The van der Waals surface area contributed by atoms with Crippen LogP contribution in [-0.4, -0.2) is 26.3 Å². The van der Waals surface area contributed by atoms with Gasteiger partial charge in [0.2, 0.25) is 0 Å². The highest BCUT2D eigenvalue weighted by Gasteiger charge is 2.44. The number of benzene rings is 1. The van der Waals surface area contributed by atoms with Gasteiger partial charge in [-0.05, 0) is 44.9 Å². The van der Waals surface area contributed by atoms with Gasteiger partial charge in [0.25, 0.3) is 5.79 Å². The Labute approximate surface area is 183 Å². The Balaban J connectivity index is 2.03. The molecule has 30 heavy (non-hydrogen) atoms. The van der Waals surface area contributed by atoms with Crippen LogP contribution >= 0.6 is 22.9 Å². The van der Waals surface area contributed by atoms with Gasteiger partial charge in [-0.2, -0.15) is 0 Å². The van der Waals surface area contributed by atoms with E-state index in [9.17, 15) is 4.79 Å². The van der Waals surface area contributed by atoms with Crippen molar-refractivity contribution in [2.75, 3.05) is 0 Å². The number of hydrogen-bond donors (Lipinski definition) is 0. The average Bonchev–Trinajstić information content (AvgIpc) is 3.18. The Bertz CT molecular complexity index is 1160. The molecule has 0 radical (unpaired) electrons. The van der Waals surface area contributed by atoms with Crippen LogP contribution in [-0.2, 0) is 10.6 Å². The molecule has 4 rings (SSSR count). The van der Waals surface area contributed by atoms with E-state index in [2.05, 4.69) is 15.2 Å². The molecule has 0 aliphatic carbocycles. The number of carbonyl (C=O) groups excluding carboxylic acids is 1. The summed E-state index contributed by atoms with van der Waals surface area (Å²) in [6.45, 7) is 7.71. The van der Waals surface area contributed by atoms with E-state index >= 15 is 4.39 Å². The van der Waals surface area contributed by atoms with Crippen molar-refractivity contribution in [1.29, 1.82) is 0 Å². The first-order valence-electron chi connectivity index (χ1n) is 9.84. The first-order valence-corrected chi connectivity index (χ1v) is 11.0. The number of halogens is 2. The summed E-state index contributed by atoms with van der Waals surface area (Å²) >= 11 is 7.62. The molecule has 0 amide bonds. The molecule has 1 unspecified atom stereocenters. The van der Waals surface area contributed by atoms with E-state index in [0.29, 0.717) is 29.4 Å². The van der Waals surface area contributed by atoms with E-state index in [4.69, 9.17) is 11.6 Å². The molecule has 1 aliphatic heterocycles.